The van der Waals surface area contributed by atoms with E-state index in [4.69, 9.17) is 10.00 Å². The maximum absolute atomic E-state index is 12.4. The van der Waals surface area contributed by atoms with Crippen LogP contribution in [0, 0.1) is 11.3 Å². The van der Waals surface area contributed by atoms with E-state index in [1.165, 1.54) is 25.4 Å². The molecule has 0 amide bonds. The highest BCUT2D eigenvalue weighted by Crippen LogP contribution is 2.34. The molecule has 0 fully saturated rings. The Morgan fingerprint density at radius 2 is 2.00 bits per heavy atom. The van der Waals surface area contributed by atoms with Crippen molar-refractivity contribution in [1.29, 1.82) is 5.26 Å². The van der Waals surface area contributed by atoms with Crippen LogP contribution in [-0.4, -0.2) is 18.5 Å². The minimum Gasteiger partial charge on any atom is -0.481 e. The van der Waals surface area contributed by atoms with Crippen molar-refractivity contribution in [1.82, 2.24) is 4.98 Å². The Balaban J connectivity index is 2.52. The van der Waals surface area contributed by atoms with Crippen molar-refractivity contribution in [3.8, 4) is 28.8 Å². The van der Waals surface area contributed by atoms with Crippen LogP contribution < -0.4 is 9.47 Å². The lowest BCUT2D eigenvalue weighted by molar-refractivity contribution is -0.274. The summed E-state index contributed by atoms with van der Waals surface area (Å²) in [6.45, 7) is 0. The zero-order chi connectivity index (χ0) is 15.5. The number of pyridine rings is 1. The maximum Gasteiger partial charge on any atom is 0.573 e. The highest BCUT2D eigenvalue weighted by molar-refractivity contribution is 5.71. The second-order valence-electron chi connectivity index (χ2n) is 3.93. The zero-order valence-corrected chi connectivity index (χ0v) is 10.8. The molecule has 0 spiro atoms. The van der Waals surface area contributed by atoms with E-state index in [9.17, 15) is 13.2 Å². The number of nitriles is 1. The predicted molar refractivity (Wildman–Crippen MR) is 67.6 cm³/mol. The highest BCUT2D eigenvalue weighted by atomic mass is 19.4. The fraction of sp³-hybridized carbons (Fsp3) is 0.143. The number of rotatable bonds is 3. The van der Waals surface area contributed by atoms with Gasteiger partial charge in [0.1, 0.15) is 11.8 Å². The Labute approximate surface area is 118 Å². The summed E-state index contributed by atoms with van der Waals surface area (Å²) in [7, 11) is 1.41. The molecule has 21 heavy (non-hydrogen) atoms. The summed E-state index contributed by atoms with van der Waals surface area (Å²) < 4.78 is 46.0. The number of alkyl halides is 3. The van der Waals surface area contributed by atoms with E-state index in [-0.39, 0.29) is 11.4 Å². The van der Waals surface area contributed by atoms with E-state index >= 15 is 0 Å². The van der Waals surface area contributed by atoms with Crippen LogP contribution in [0.4, 0.5) is 13.2 Å². The molecule has 1 aromatic carbocycles. The van der Waals surface area contributed by atoms with E-state index in [1.807, 2.05) is 0 Å². The van der Waals surface area contributed by atoms with Gasteiger partial charge in [0.25, 0.3) is 0 Å². The van der Waals surface area contributed by atoms with Crippen molar-refractivity contribution in [2.45, 2.75) is 6.36 Å². The average Bonchev–Trinajstić information content (AvgIpc) is 2.45. The molecule has 108 valence electrons. The Hall–Kier alpha value is -2.75. The van der Waals surface area contributed by atoms with Crippen LogP contribution in [-0.2, 0) is 0 Å². The van der Waals surface area contributed by atoms with Crippen LogP contribution >= 0.6 is 0 Å². The van der Waals surface area contributed by atoms with Crippen molar-refractivity contribution in [3.05, 3.63) is 42.1 Å². The van der Waals surface area contributed by atoms with Crippen molar-refractivity contribution in [2.75, 3.05) is 7.11 Å². The number of hydrogen-bond donors (Lipinski definition) is 0. The first-order valence-electron chi connectivity index (χ1n) is 5.74. The quantitative estimate of drug-likeness (QED) is 0.869. The molecule has 0 aliphatic heterocycles. The fourth-order valence-corrected chi connectivity index (χ4v) is 1.76. The molecule has 0 unspecified atom stereocenters. The molecular formula is C14H9F3N2O2. The van der Waals surface area contributed by atoms with Crippen LogP contribution in [0.25, 0.3) is 11.1 Å². The first kappa shape index (κ1) is 14.7. The van der Waals surface area contributed by atoms with Crippen LogP contribution in [0.3, 0.4) is 0 Å². The smallest absolute Gasteiger partial charge is 0.481 e. The first-order chi connectivity index (χ1) is 9.94. The van der Waals surface area contributed by atoms with Crippen LogP contribution in [0.15, 0.2) is 36.5 Å². The maximum atomic E-state index is 12.4. The summed E-state index contributed by atoms with van der Waals surface area (Å²) >= 11 is 0. The van der Waals surface area contributed by atoms with Gasteiger partial charge in [-0.3, -0.25) is 0 Å². The van der Waals surface area contributed by atoms with Crippen molar-refractivity contribution in [3.63, 3.8) is 0 Å². The molecule has 0 saturated heterocycles. The van der Waals surface area contributed by atoms with Crippen LogP contribution in [0.5, 0.6) is 11.6 Å². The third kappa shape index (κ3) is 3.42. The van der Waals surface area contributed by atoms with Crippen molar-refractivity contribution >= 4 is 0 Å². The van der Waals surface area contributed by atoms with Crippen LogP contribution in [0.2, 0.25) is 0 Å². The Morgan fingerprint density at radius 1 is 1.24 bits per heavy atom. The molecule has 0 radical (unpaired) electrons. The van der Waals surface area contributed by atoms with Crippen LogP contribution in [0.1, 0.15) is 5.56 Å². The molecule has 1 heterocycles. The monoisotopic (exact) mass is 294 g/mol. The van der Waals surface area contributed by atoms with Gasteiger partial charge in [-0.25, -0.2) is 4.98 Å². The number of ether oxygens (including phenoxy) is 2. The largest absolute Gasteiger partial charge is 0.573 e. The summed E-state index contributed by atoms with van der Waals surface area (Å²) in [6, 6.07) is 8.81. The highest BCUT2D eigenvalue weighted by Gasteiger charge is 2.32. The Kier molecular flexibility index (Phi) is 3.98. The first-order valence-corrected chi connectivity index (χ1v) is 5.74. The minimum absolute atomic E-state index is 0.209. The lowest BCUT2D eigenvalue weighted by atomic mass is 10.0. The Bertz CT molecular complexity index is 693. The number of benzene rings is 1. The molecular weight excluding hydrogens is 285 g/mol. The SMILES string of the molecule is COc1ncccc1-c1ccc(C#N)c(OC(F)(F)F)c1. The minimum atomic E-state index is -4.87. The molecule has 0 atom stereocenters. The Morgan fingerprint density at radius 3 is 2.62 bits per heavy atom. The average molecular weight is 294 g/mol. The van der Waals surface area contributed by atoms with Gasteiger partial charge in [0, 0.05) is 11.8 Å². The molecule has 0 bridgehead atoms. The molecule has 0 aliphatic carbocycles. The summed E-state index contributed by atoms with van der Waals surface area (Å²) in [5.74, 6) is -0.298. The standard InChI is InChI=1S/C14H9F3N2O2/c1-20-13-11(3-2-6-19-13)9-4-5-10(8-18)12(7-9)21-14(15,16)17/h2-7H,1H3. The molecule has 4 nitrogen and oxygen atoms in total. The predicted octanol–water partition coefficient (Wildman–Crippen LogP) is 3.53. The number of halogens is 3. The van der Waals surface area contributed by atoms with Gasteiger partial charge in [0.15, 0.2) is 0 Å². The van der Waals surface area contributed by atoms with Gasteiger partial charge in [-0.1, -0.05) is 6.07 Å². The van der Waals surface area contributed by atoms with E-state index in [1.54, 1.807) is 18.2 Å². The van der Waals surface area contributed by atoms with Gasteiger partial charge < -0.3 is 9.47 Å². The third-order valence-electron chi connectivity index (χ3n) is 2.60. The summed E-state index contributed by atoms with van der Waals surface area (Å²) in [5.41, 5.74) is 0.689. The van der Waals surface area contributed by atoms with E-state index in [0.29, 0.717) is 11.1 Å². The zero-order valence-electron chi connectivity index (χ0n) is 10.8. The number of hydrogen-bond acceptors (Lipinski definition) is 4. The third-order valence-corrected chi connectivity index (χ3v) is 2.60. The number of nitrogens with zero attached hydrogens (tertiary/aromatic N) is 2. The normalized spacial score (nSPS) is 10.8. The molecule has 0 saturated carbocycles. The van der Waals surface area contributed by atoms with E-state index in [2.05, 4.69) is 9.72 Å². The fourth-order valence-electron chi connectivity index (χ4n) is 1.76. The van der Waals surface area contributed by atoms with E-state index < -0.39 is 12.1 Å². The summed E-state index contributed by atoms with van der Waals surface area (Å²) in [6.07, 6.45) is -3.37. The van der Waals surface area contributed by atoms with Gasteiger partial charge in [-0.2, -0.15) is 5.26 Å². The molecule has 7 heteroatoms. The second-order valence-corrected chi connectivity index (χ2v) is 3.93. The lowest BCUT2D eigenvalue weighted by Gasteiger charge is -2.12. The topological polar surface area (TPSA) is 55.1 Å². The molecule has 2 rings (SSSR count). The van der Waals surface area contributed by atoms with Gasteiger partial charge >= 0.3 is 6.36 Å². The van der Waals surface area contributed by atoms with Gasteiger partial charge in [-0.15, -0.1) is 13.2 Å². The van der Waals surface area contributed by atoms with Gasteiger partial charge in [0.2, 0.25) is 5.88 Å². The van der Waals surface area contributed by atoms with Crippen molar-refractivity contribution < 1.29 is 22.6 Å². The summed E-state index contributed by atoms with van der Waals surface area (Å²) in [5, 5.41) is 8.84. The van der Waals surface area contributed by atoms with Gasteiger partial charge in [-0.05, 0) is 29.8 Å². The van der Waals surface area contributed by atoms with E-state index in [0.717, 1.165) is 6.07 Å². The molecule has 0 aliphatic rings. The summed E-state index contributed by atoms with van der Waals surface area (Å²) in [4.78, 5) is 3.97. The van der Waals surface area contributed by atoms with Crippen molar-refractivity contribution in [2.24, 2.45) is 0 Å². The molecule has 0 N–H and O–H groups in total. The number of aromatic nitrogens is 1. The number of methoxy groups -OCH3 is 1. The second kappa shape index (κ2) is 5.71. The van der Waals surface area contributed by atoms with Gasteiger partial charge in [0.05, 0.1) is 12.7 Å². The molecule has 2 aromatic rings. The lowest BCUT2D eigenvalue weighted by Crippen LogP contribution is -2.17. The molecule has 1 aromatic heterocycles.